The molecule has 1 aromatic heterocycles. The van der Waals surface area contributed by atoms with Gasteiger partial charge in [-0.3, -0.25) is 10.1 Å². The Morgan fingerprint density at radius 3 is 2.52 bits per heavy atom. The molecule has 0 aliphatic rings. The lowest BCUT2D eigenvalue weighted by Gasteiger charge is -1.98. The number of halogens is 1. The molecule has 3 aromatic rings. The number of hydrogen-bond acceptors (Lipinski definition) is 5. The van der Waals surface area contributed by atoms with Crippen molar-refractivity contribution < 1.29 is 21.9 Å². The van der Waals surface area contributed by atoms with Gasteiger partial charge in [0.05, 0.1) is 15.1 Å². The van der Waals surface area contributed by atoms with Gasteiger partial charge in [0.2, 0.25) is 0 Å². The summed E-state index contributed by atoms with van der Waals surface area (Å²) in [5.74, 6) is 0.762. The van der Waals surface area contributed by atoms with Crippen LogP contribution < -0.4 is 17.0 Å². The third-order valence-corrected chi connectivity index (χ3v) is 5.03. The van der Waals surface area contributed by atoms with E-state index in [1.807, 2.05) is 18.2 Å². The van der Waals surface area contributed by atoms with Gasteiger partial charge in [-0.1, -0.05) is 36.0 Å². The molecule has 0 aliphatic carbocycles. The van der Waals surface area contributed by atoms with Crippen LogP contribution in [-0.2, 0) is 5.75 Å². The molecule has 4 nitrogen and oxygen atoms in total. The first kappa shape index (κ1) is 15.9. The number of benzene rings is 2. The van der Waals surface area contributed by atoms with Crippen LogP contribution in [0, 0.1) is 10.1 Å². The number of nitro groups is 1. The van der Waals surface area contributed by atoms with Crippen LogP contribution in [0.15, 0.2) is 52.9 Å². The second-order valence-corrected chi connectivity index (χ2v) is 6.41. The summed E-state index contributed by atoms with van der Waals surface area (Å²) in [4.78, 5) is 14.7. The van der Waals surface area contributed by atoms with Crippen LogP contribution in [0.25, 0.3) is 10.2 Å². The fourth-order valence-electron chi connectivity index (χ4n) is 1.77. The number of hydrogen-bond donors (Lipinski definition) is 0. The minimum atomic E-state index is -0.384. The number of para-hydroxylation sites is 1. The Labute approximate surface area is 140 Å². The number of aromatic nitrogens is 1. The minimum Gasteiger partial charge on any atom is -1.00 e. The fraction of sp³-hybridized carbons (Fsp3) is 0.0714. The Morgan fingerprint density at radius 2 is 1.86 bits per heavy atom. The van der Waals surface area contributed by atoms with E-state index in [-0.39, 0.29) is 27.6 Å². The maximum absolute atomic E-state index is 10.6. The number of thioether (sulfide) groups is 1. The third-order valence-electron chi connectivity index (χ3n) is 2.78. The molecule has 3 rings (SSSR count). The van der Waals surface area contributed by atoms with Gasteiger partial charge in [-0.15, -0.1) is 11.3 Å². The molecular formula is C14H10BrN2O2S2-. The number of fused-ring (bicyclic) bond motifs is 1. The molecule has 0 saturated heterocycles. The SMILES string of the molecule is O=[N+]([O-])c1ccc(CSc2nc3ccccc3s2)cc1.[Br-]. The predicted molar refractivity (Wildman–Crippen MR) is 82.3 cm³/mol. The van der Waals surface area contributed by atoms with E-state index >= 15 is 0 Å². The van der Waals surface area contributed by atoms with E-state index in [0.29, 0.717) is 0 Å². The van der Waals surface area contributed by atoms with Crippen LogP contribution in [0.3, 0.4) is 0 Å². The van der Waals surface area contributed by atoms with Crippen LogP contribution in [0.5, 0.6) is 0 Å². The van der Waals surface area contributed by atoms with Gasteiger partial charge < -0.3 is 17.0 Å². The van der Waals surface area contributed by atoms with Crippen LogP contribution >= 0.6 is 23.1 Å². The Balaban J connectivity index is 0.00000161. The highest BCUT2D eigenvalue weighted by molar-refractivity contribution is 8.00. The predicted octanol–water partition coefficient (Wildman–Crippen LogP) is 1.50. The first-order valence-corrected chi connectivity index (χ1v) is 7.74. The van der Waals surface area contributed by atoms with Crippen LogP contribution in [0.1, 0.15) is 5.56 Å². The smallest absolute Gasteiger partial charge is 0.269 e. The third kappa shape index (κ3) is 3.81. The Hall–Kier alpha value is -1.44. The van der Waals surface area contributed by atoms with Gasteiger partial charge >= 0.3 is 0 Å². The van der Waals surface area contributed by atoms with Crippen LogP contribution in [0.4, 0.5) is 5.69 Å². The largest absolute Gasteiger partial charge is 1.00 e. The molecule has 1 heterocycles. The number of thiazole rings is 1. The lowest BCUT2D eigenvalue weighted by Crippen LogP contribution is -3.00. The van der Waals surface area contributed by atoms with Crippen molar-refractivity contribution in [2.24, 2.45) is 0 Å². The van der Waals surface area contributed by atoms with Crippen LogP contribution in [-0.4, -0.2) is 9.91 Å². The quantitative estimate of drug-likeness (QED) is 0.390. The van der Waals surface area contributed by atoms with Crippen molar-refractivity contribution in [1.82, 2.24) is 4.98 Å². The van der Waals surface area contributed by atoms with Crippen molar-refractivity contribution in [1.29, 1.82) is 0 Å². The van der Waals surface area contributed by atoms with E-state index < -0.39 is 0 Å². The molecule has 21 heavy (non-hydrogen) atoms. The zero-order valence-corrected chi connectivity index (χ0v) is 14.0. The maximum Gasteiger partial charge on any atom is 0.269 e. The highest BCUT2D eigenvalue weighted by atomic mass is 79.9. The van der Waals surface area contributed by atoms with Gasteiger partial charge in [-0.05, 0) is 17.7 Å². The second-order valence-electron chi connectivity index (χ2n) is 4.16. The highest BCUT2D eigenvalue weighted by Gasteiger charge is 2.06. The van der Waals surface area contributed by atoms with Crippen molar-refractivity contribution >= 4 is 39.0 Å². The van der Waals surface area contributed by atoms with E-state index in [1.165, 1.54) is 16.8 Å². The summed E-state index contributed by atoms with van der Waals surface area (Å²) >= 11 is 3.32. The van der Waals surface area contributed by atoms with Crippen molar-refractivity contribution in [3.8, 4) is 0 Å². The first-order valence-electron chi connectivity index (χ1n) is 5.94. The molecule has 0 N–H and O–H groups in total. The van der Waals surface area contributed by atoms with Crippen molar-refractivity contribution in [2.75, 3.05) is 0 Å². The molecule has 2 aromatic carbocycles. The molecular weight excluding hydrogens is 372 g/mol. The van der Waals surface area contributed by atoms with Gasteiger partial charge in [-0.25, -0.2) is 4.98 Å². The van der Waals surface area contributed by atoms with Gasteiger partial charge in [-0.2, -0.15) is 0 Å². The standard InChI is InChI=1S/C14H10N2O2S2.BrH/c17-16(18)11-7-5-10(6-8-11)9-19-14-15-12-3-1-2-4-13(12)20-14;/h1-8H,9H2;1H/p-1. The van der Waals surface area contributed by atoms with E-state index in [4.69, 9.17) is 0 Å². The highest BCUT2D eigenvalue weighted by Crippen LogP contribution is 2.31. The van der Waals surface area contributed by atoms with Crippen molar-refractivity contribution in [3.05, 3.63) is 64.2 Å². The Bertz CT molecular complexity index is 726. The molecule has 0 atom stereocenters. The Morgan fingerprint density at radius 1 is 1.14 bits per heavy atom. The molecule has 0 amide bonds. The monoisotopic (exact) mass is 381 g/mol. The molecule has 7 heteroatoms. The topological polar surface area (TPSA) is 56.0 Å². The van der Waals surface area contributed by atoms with E-state index in [1.54, 1.807) is 35.2 Å². The lowest BCUT2D eigenvalue weighted by molar-refractivity contribution is -0.384. The van der Waals surface area contributed by atoms with Gasteiger partial charge in [0.25, 0.3) is 5.69 Å². The number of nitro benzene ring substituents is 1. The maximum atomic E-state index is 10.6. The summed E-state index contributed by atoms with van der Waals surface area (Å²) in [6.45, 7) is 0. The summed E-state index contributed by atoms with van der Waals surface area (Å²) in [6.07, 6.45) is 0. The molecule has 0 unspecified atom stereocenters. The average Bonchev–Trinajstić information content (AvgIpc) is 2.88. The molecule has 0 saturated carbocycles. The van der Waals surface area contributed by atoms with E-state index in [0.717, 1.165) is 21.2 Å². The normalized spacial score (nSPS) is 10.3. The number of non-ortho nitro benzene ring substituents is 1. The lowest BCUT2D eigenvalue weighted by atomic mass is 10.2. The van der Waals surface area contributed by atoms with Crippen LogP contribution in [0.2, 0.25) is 0 Å². The zero-order chi connectivity index (χ0) is 13.9. The van der Waals surface area contributed by atoms with Gasteiger partial charge in [0.15, 0.2) is 4.34 Å². The Kier molecular flexibility index (Phi) is 5.33. The average molecular weight is 382 g/mol. The van der Waals surface area contributed by atoms with Gasteiger partial charge in [0.1, 0.15) is 0 Å². The first-order chi connectivity index (χ1) is 9.72. The number of rotatable bonds is 4. The molecule has 0 fully saturated rings. The summed E-state index contributed by atoms with van der Waals surface area (Å²) in [6, 6.07) is 14.7. The number of nitrogens with zero attached hydrogens (tertiary/aromatic N) is 2. The zero-order valence-electron chi connectivity index (χ0n) is 10.7. The van der Waals surface area contributed by atoms with Crippen molar-refractivity contribution in [2.45, 2.75) is 10.1 Å². The fourth-order valence-corrected chi connectivity index (χ4v) is 3.80. The molecule has 108 valence electrons. The summed E-state index contributed by atoms with van der Waals surface area (Å²) < 4.78 is 2.20. The minimum absolute atomic E-state index is 0. The van der Waals surface area contributed by atoms with Crippen molar-refractivity contribution in [3.63, 3.8) is 0 Å². The van der Waals surface area contributed by atoms with Gasteiger partial charge in [0, 0.05) is 17.9 Å². The molecule has 0 aliphatic heterocycles. The summed E-state index contributed by atoms with van der Waals surface area (Å²) in [7, 11) is 0. The van der Waals surface area contributed by atoms with E-state index in [2.05, 4.69) is 11.1 Å². The molecule has 0 spiro atoms. The molecule has 0 bridgehead atoms. The summed E-state index contributed by atoms with van der Waals surface area (Å²) in [5.41, 5.74) is 2.20. The second kappa shape index (κ2) is 7.02. The summed E-state index contributed by atoms with van der Waals surface area (Å²) in [5, 5.41) is 10.6. The molecule has 0 radical (unpaired) electrons. The van der Waals surface area contributed by atoms with E-state index in [9.17, 15) is 10.1 Å².